The number of pyridine rings is 1. The third-order valence-electron chi connectivity index (χ3n) is 1.54. The van der Waals surface area contributed by atoms with Crippen LogP contribution in [0.5, 0.6) is 0 Å². The van der Waals surface area contributed by atoms with Crippen LogP contribution in [0.2, 0.25) is 0 Å². The smallest absolute Gasteiger partial charge is 0.169 e. The number of aromatic nitrogens is 1. The average Bonchev–Trinajstić information content (AvgIpc) is 2.06. The highest BCUT2D eigenvalue weighted by Gasteiger charge is 1.94. The zero-order chi connectivity index (χ0) is 11.9. The van der Waals surface area contributed by atoms with Crippen LogP contribution in [0, 0.1) is 6.92 Å². The third-order valence-corrected chi connectivity index (χ3v) is 1.54. The highest BCUT2D eigenvalue weighted by Crippen LogP contribution is 1.89. The molecule has 1 aromatic heterocycles. The van der Waals surface area contributed by atoms with Gasteiger partial charge >= 0.3 is 0 Å². The first kappa shape index (κ1) is 14.1. The summed E-state index contributed by atoms with van der Waals surface area (Å²) in [6.45, 7) is 5.42. The Morgan fingerprint density at radius 3 is 2.07 bits per heavy atom. The van der Waals surface area contributed by atoms with Crippen LogP contribution in [0.15, 0.2) is 24.5 Å². The molecule has 0 N–H and O–H groups in total. The maximum absolute atomic E-state index is 9.08. The molecule has 0 aromatic carbocycles. The number of aryl methyl sites for hydroxylation is 2. The van der Waals surface area contributed by atoms with Gasteiger partial charge in [-0.1, -0.05) is 6.92 Å². The fourth-order valence-electron chi connectivity index (χ4n) is 0.939. The van der Waals surface area contributed by atoms with Gasteiger partial charge in [0.1, 0.15) is 6.54 Å². The Bertz CT molecular complexity index is 362. The number of hydrogen-bond acceptors (Lipinski definition) is 3. The maximum Gasteiger partial charge on any atom is 0.169 e. The van der Waals surface area contributed by atoms with Gasteiger partial charge < -0.3 is 4.55 Å². The Labute approximate surface area is 91.3 Å². The largest absolute Gasteiger partial charge is 0.748 e. The molecule has 1 aromatic rings. The fourth-order valence-corrected chi connectivity index (χ4v) is 0.939. The monoisotopic (exact) mass is 231 g/mol. The average molecular weight is 231 g/mol. The van der Waals surface area contributed by atoms with Crippen LogP contribution < -0.4 is 4.57 Å². The van der Waals surface area contributed by atoms with Gasteiger partial charge in [0.25, 0.3) is 0 Å². The van der Waals surface area contributed by atoms with Crippen molar-refractivity contribution in [1.29, 1.82) is 0 Å². The van der Waals surface area contributed by atoms with Crippen molar-refractivity contribution >= 4 is 10.1 Å². The molecule has 0 aliphatic rings. The van der Waals surface area contributed by atoms with Crippen LogP contribution >= 0.6 is 0 Å². The van der Waals surface area contributed by atoms with E-state index in [0.29, 0.717) is 6.26 Å². The Balaban J connectivity index is 0.000000336. The normalized spacial score (nSPS) is 10.4. The molecule has 0 saturated carbocycles. The van der Waals surface area contributed by atoms with Crippen molar-refractivity contribution < 1.29 is 17.5 Å². The van der Waals surface area contributed by atoms with E-state index < -0.39 is 10.1 Å². The van der Waals surface area contributed by atoms with Crippen LogP contribution in [0.1, 0.15) is 18.9 Å². The second kappa shape index (κ2) is 6.53. The Hall–Kier alpha value is -0.940. The molecule has 0 radical (unpaired) electrons. The third kappa shape index (κ3) is 11.0. The molecule has 5 heteroatoms. The quantitative estimate of drug-likeness (QED) is 0.560. The predicted molar refractivity (Wildman–Crippen MR) is 57.3 cm³/mol. The summed E-state index contributed by atoms with van der Waals surface area (Å²) in [7, 11) is -3.92. The summed E-state index contributed by atoms with van der Waals surface area (Å²) < 4.78 is 29.4. The van der Waals surface area contributed by atoms with E-state index in [1.807, 2.05) is 0 Å². The number of hydrogen-bond donors (Lipinski definition) is 0. The van der Waals surface area contributed by atoms with Gasteiger partial charge in [-0.2, -0.15) is 0 Å². The van der Waals surface area contributed by atoms with Crippen LogP contribution in [0.25, 0.3) is 0 Å². The van der Waals surface area contributed by atoms with Gasteiger partial charge in [-0.15, -0.1) is 0 Å². The van der Waals surface area contributed by atoms with E-state index in [1.54, 1.807) is 0 Å². The predicted octanol–water partition coefficient (Wildman–Crippen LogP) is 0.854. The summed E-state index contributed by atoms with van der Waals surface area (Å²) in [6, 6.07) is 4.27. The zero-order valence-electron chi connectivity index (χ0n) is 9.30. The lowest BCUT2D eigenvalue weighted by atomic mass is 10.3. The van der Waals surface area contributed by atoms with Crippen LogP contribution in [0.4, 0.5) is 0 Å². The zero-order valence-corrected chi connectivity index (χ0v) is 10.1. The highest BCUT2D eigenvalue weighted by atomic mass is 32.2. The van der Waals surface area contributed by atoms with E-state index in [-0.39, 0.29) is 0 Å². The van der Waals surface area contributed by atoms with Crippen molar-refractivity contribution in [3.8, 4) is 0 Å². The van der Waals surface area contributed by atoms with Crippen molar-refractivity contribution in [3.63, 3.8) is 0 Å². The molecule has 4 nitrogen and oxygen atoms in total. The molecular formula is C10H17NO3S. The van der Waals surface area contributed by atoms with Crippen molar-refractivity contribution in [3.05, 3.63) is 30.1 Å². The van der Waals surface area contributed by atoms with E-state index in [2.05, 4.69) is 42.9 Å². The first-order valence-corrected chi connectivity index (χ1v) is 6.51. The first-order chi connectivity index (χ1) is 6.83. The molecule has 0 unspecified atom stereocenters. The lowest BCUT2D eigenvalue weighted by Gasteiger charge is -1.92. The van der Waals surface area contributed by atoms with Gasteiger partial charge in [-0.25, -0.2) is 13.0 Å². The van der Waals surface area contributed by atoms with Crippen LogP contribution in [-0.4, -0.2) is 19.2 Å². The second-order valence-electron chi connectivity index (χ2n) is 3.32. The summed E-state index contributed by atoms with van der Waals surface area (Å²) in [6.07, 6.45) is 6.05. The minimum Gasteiger partial charge on any atom is -0.748 e. The first-order valence-electron chi connectivity index (χ1n) is 4.69. The maximum atomic E-state index is 9.08. The van der Waals surface area contributed by atoms with Crippen molar-refractivity contribution in [2.24, 2.45) is 0 Å². The fraction of sp³-hybridized carbons (Fsp3) is 0.500. The van der Waals surface area contributed by atoms with E-state index in [9.17, 15) is 0 Å². The van der Waals surface area contributed by atoms with Gasteiger partial charge in [0.05, 0.1) is 10.1 Å². The lowest BCUT2D eigenvalue weighted by Crippen LogP contribution is -2.31. The second-order valence-corrected chi connectivity index (χ2v) is 4.73. The van der Waals surface area contributed by atoms with Gasteiger partial charge in [0, 0.05) is 24.8 Å². The van der Waals surface area contributed by atoms with Gasteiger partial charge in [-0.3, -0.25) is 0 Å². The lowest BCUT2D eigenvalue weighted by molar-refractivity contribution is -0.697. The number of nitrogens with zero attached hydrogens (tertiary/aromatic N) is 1. The standard InChI is InChI=1S/C9H14N.CH4O3S/c1-3-6-10-7-4-9(2)5-8-10;1-5(2,3)4/h4-5,7-8H,3,6H2,1-2H3;1H3,(H,2,3,4)/q+1;/p-1. The van der Waals surface area contributed by atoms with Crippen molar-refractivity contribution in [1.82, 2.24) is 0 Å². The van der Waals surface area contributed by atoms with E-state index >= 15 is 0 Å². The SMILES string of the molecule is CCC[n+]1ccc(C)cc1.CS(=O)(=O)[O-]. The molecule has 15 heavy (non-hydrogen) atoms. The minimum absolute atomic E-state index is 0.604. The molecule has 0 aliphatic carbocycles. The summed E-state index contributed by atoms with van der Waals surface area (Å²) in [4.78, 5) is 0. The molecule has 0 fully saturated rings. The summed E-state index contributed by atoms with van der Waals surface area (Å²) in [5, 5.41) is 0. The Morgan fingerprint density at radius 1 is 1.33 bits per heavy atom. The molecule has 0 atom stereocenters. The molecule has 0 amide bonds. The van der Waals surface area contributed by atoms with E-state index in [4.69, 9.17) is 13.0 Å². The van der Waals surface area contributed by atoms with Gasteiger partial charge in [0.2, 0.25) is 0 Å². The molecule has 0 bridgehead atoms. The van der Waals surface area contributed by atoms with Crippen LogP contribution in [-0.2, 0) is 16.7 Å². The summed E-state index contributed by atoms with van der Waals surface area (Å²) in [5.74, 6) is 0. The summed E-state index contributed by atoms with van der Waals surface area (Å²) >= 11 is 0. The number of rotatable bonds is 2. The van der Waals surface area contributed by atoms with Crippen LogP contribution in [0.3, 0.4) is 0 Å². The Morgan fingerprint density at radius 2 is 1.73 bits per heavy atom. The molecule has 86 valence electrons. The Kier molecular flexibility index (Phi) is 6.12. The van der Waals surface area contributed by atoms with Gasteiger partial charge in [0.15, 0.2) is 12.4 Å². The molecule has 0 spiro atoms. The highest BCUT2D eigenvalue weighted by molar-refractivity contribution is 7.84. The van der Waals surface area contributed by atoms with E-state index in [0.717, 1.165) is 6.54 Å². The molecule has 0 aliphatic heterocycles. The minimum atomic E-state index is -3.92. The molecule has 1 heterocycles. The molecular weight excluding hydrogens is 214 g/mol. The van der Waals surface area contributed by atoms with E-state index in [1.165, 1.54) is 12.0 Å². The topological polar surface area (TPSA) is 61.1 Å². The molecule has 0 saturated heterocycles. The van der Waals surface area contributed by atoms with Crippen molar-refractivity contribution in [2.45, 2.75) is 26.8 Å². The molecule has 1 rings (SSSR count). The van der Waals surface area contributed by atoms with Crippen molar-refractivity contribution in [2.75, 3.05) is 6.26 Å². The summed E-state index contributed by atoms with van der Waals surface area (Å²) in [5.41, 5.74) is 1.33. The van der Waals surface area contributed by atoms with Gasteiger partial charge in [-0.05, 0) is 12.5 Å².